The van der Waals surface area contributed by atoms with Crippen LogP contribution in [0.4, 0.5) is 8.78 Å². The molecule has 3 N–H and O–H groups in total. The van der Waals surface area contributed by atoms with E-state index in [1.165, 1.54) is 19.2 Å². The number of hydrogen-bond acceptors (Lipinski definition) is 7. The number of hydrogen-bond donors (Lipinski definition) is 3. The predicted molar refractivity (Wildman–Crippen MR) is 162 cm³/mol. The average Bonchev–Trinajstić information content (AvgIpc) is 3.56. The van der Waals surface area contributed by atoms with Gasteiger partial charge < -0.3 is 14.5 Å². The molecule has 0 fully saturated rings. The van der Waals surface area contributed by atoms with E-state index in [9.17, 15) is 21.8 Å². The number of ether oxygens (including phenoxy) is 1. The van der Waals surface area contributed by atoms with E-state index in [0.717, 1.165) is 39.2 Å². The lowest BCUT2D eigenvalue weighted by atomic mass is 10.0. The van der Waals surface area contributed by atoms with Crippen molar-refractivity contribution in [3.8, 4) is 28.3 Å². The van der Waals surface area contributed by atoms with Gasteiger partial charge in [0.25, 0.3) is 0 Å². The third kappa shape index (κ3) is 6.81. The van der Waals surface area contributed by atoms with Crippen molar-refractivity contribution in [2.45, 2.75) is 23.6 Å². The van der Waals surface area contributed by atoms with Gasteiger partial charge in [0.2, 0.25) is 15.8 Å². The van der Waals surface area contributed by atoms with Gasteiger partial charge in [-0.3, -0.25) is 4.57 Å². The highest BCUT2D eigenvalue weighted by molar-refractivity contribution is 7.89. The minimum atomic E-state index is -5.87. The van der Waals surface area contributed by atoms with Gasteiger partial charge in [0.1, 0.15) is 10.6 Å². The lowest BCUT2D eigenvalue weighted by Gasteiger charge is -2.24. The van der Waals surface area contributed by atoms with Crippen LogP contribution in [0, 0.1) is 0 Å². The van der Waals surface area contributed by atoms with Gasteiger partial charge in [0, 0.05) is 18.7 Å². The van der Waals surface area contributed by atoms with Crippen LogP contribution in [0.1, 0.15) is 16.7 Å². The van der Waals surface area contributed by atoms with Crippen molar-refractivity contribution in [1.82, 2.24) is 24.9 Å². The summed E-state index contributed by atoms with van der Waals surface area (Å²) in [6, 6.07) is 23.7. The van der Waals surface area contributed by atoms with Crippen molar-refractivity contribution >= 4 is 29.2 Å². The quantitative estimate of drug-likeness (QED) is 0.147. The number of methoxy groups -OCH3 is 1. The number of halogens is 3. The Balaban J connectivity index is 1.48. The molecule has 0 aliphatic carbocycles. The van der Waals surface area contributed by atoms with Gasteiger partial charge in [-0.05, 0) is 51.7 Å². The fourth-order valence-corrected chi connectivity index (χ4v) is 7.06. The molecule has 45 heavy (non-hydrogen) atoms. The first kappa shape index (κ1) is 32.4. The van der Waals surface area contributed by atoms with Crippen molar-refractivity contribution < 1.29 is 36.3 Å². The van der Waals surface area contributed by atoms with Crippen molar-refractivity contribution in [3.05, 3.63) is 113 Å². The monoisotopic (exact) mass is 675 g/mol. The molecule has 0 amide bonds. The Morgan fingerprint density at radius 3 is 2.22 bits per heavy atom. The Labute approximate surface area is 261 Å². The molecule has 0 aliphatic heterocycles. The lowest BCUT2D eigenvalue weighted by Crippen LogP contribution is -2.30. The maximum Gasteiger partial charge on any atom is 0.399 e. The second kappa shape index (κ2) is 12.8. The van der Waals surface area contributed by atoms with Crippen LogP contribution in [0.15, 0.2) is 95.9 Å². The number of rotatable bonds is 11. The first-order chi connectivity index (χ1) is 21.3. The van der Waals surface area contributed by atoms with Crippen molar-refractivity contribution in [1.29, 1.82) is 0 Å². The van der Waals surface area contributed by atoms with E-state index < -0.39 is 33.9 Å². The molecule has 0 unspecified atom stereocenters. The molecule has 16 heteroatoms. The van der Waals surface area contributed by atoms with Gasteiger partial charge in [-0.1, -0.05) is 78.3 Å². The van der Waals surface area contributed by atoms with Crippen LogP contribution in [-0.2, 0) is 33.3 Å². The number of benzene rings is 4. The zero-order valence-corrected chi connectivity index (χ0v) is 25.8. The number of tetrazole rings is 1. The molecule has 5 aromatic rings. The minimum Gasteiger partial charge on any atom is -0.495 e. The lowest BCUT2D eigenvalue weighted by molar-refractivity contribution is 0.0565. The molecule has 0 radical (unpaired) electrons. The highest BCUT2D eigenvalue weighted by Gasteiger charge is 2.51. The van der Waals surface area contributed by atoms with Crippen LogP contribution in [0.25, 0.3) is 22.5 Å². The highest BCUT2D eigenvalue weighted by atomic mass is 35.5. The summed E-state index contributed by atoms with van der Waals surface area (Å²) in [5, 5.41) is 13.4. The van der Waals surface area contributed by atoms with Crippen molar-refractivity contribution in [3.63, 3.8) is 0 Å². The van der Waals surface area contributed by atoms with E-state index in [2.05, 4.69) is 20.6 Å². The van der Waals surface area contributed by atoms with E-state index in [-0.39, 0.29) is 29.3 Å². The molecule has 234 valence electrons. The van der Waals surface area contributed by atoms with Crippen LogP contribution in [0.3, 0.4) is 0 Å². The van der Waals surface area contributed by atoms with Crippen LogP contribution in [0.2, 0.25) is 5.02 Å². The number of sulfonamides is 1. The zero-order valence-electron chi connectivity index (χ0n) is 23.4. The van der Waals surface area contributed by atoms with Crippen LogP contribution < -0.4 is 4.74 Å². The predicted octanol–water partition coefficient (Wildman–Crippen LogP) is 5.81. The maximum absolute atomic E-state index is 14.4. The third-order valence-corrected chi connectivity index (χ3v) is 10.00. The van der Waals surface area contributed by atoms with Gasteiger partial charge in [-0.25, -0.2) is 8.42 Å². The number of aromatic amines is 1. The molecule has 11 nitrogen and oxygen atoms in total. The highest BCUT2D eigenvalue weighted by Crippen LogP contribution is 2.60. The Hall–Kier alpha value is -4.04. The fourth-order valence-electron chi connectivity index (χ4n) is 4.59. The summed E-state index contributed by atoms with van der Waals surface area (Å²) in [6.45, 7) is -0.433. The summed E-state index contributed by atoms with van der Waals surface area (Å²) in [7, 11) is -8.77. The number of alkyl halides is 2. The fraction of sp³-hybridized carbons (Fsp3) is 0.138. The van der Waals surface area contributed by atoms with Crippen LogP contribution in [-0.4, -0.2) is 50.2 Å². The molecule has 1 heterocycles. The first-order valence-electron chi connectivity index (χ1n) is 13.1. The SMILES string of the molecule is COc1ccccc1S(=O)(=O)N(Cc1ccc(-c2cccc(-c3nn[nH]n3)c2)cc1)Cc1ccc(C(F)(F)P(=O)(O)O)c(Cl)c1. The molecule has 0 saturated heterocycles. The standard InChI is InChI=1S/C29H25ClF2N5O6PS/c1-43-26-7-2-3-8-27(26)45(41,42)37(18-20-11-14-24(25(30)15-20)29(31,32)44(38,39)40)17-19-9-12-21(13-10-19)22-5-4-6-23(16-22)28-33-35-36-34-28/h2-16H,17-18H2,1H3,(H2,38,39,40)(H,33,34,35,36). The molecule has 0 aliphatic rings. The Morgan fingerprint density at radius 1 is 0.911 bits per heavy atom. The van der Waals surface area contributed by atoms with E-state index in [1.54, 1.807) is 24.3 Å². The van der Waals surface area contributed by atoms with Gasteiger partial charge in [0.05, 0.1) is 17.7 Å². The third-order valence-electron chi connectivity index (χ3n) is 6.88. The van der Waals surface area contributed by atoms with E-state index in [4.69, 9.17) is 26.1 Å². The molecular weight excluding hydrogens is 651 g/mol. The summed E-state index contributed by atoms with van der Waals surface area (Å²) < 4.78 is 74.5. The zero-order chi connectivity index (χ0) is 32.4. The minimum absolute atomic E-state index is 0.106. The normalized spacial score (nSPS) is 12.4. The van der Waals surface area contributed by atoms with Crippen LogP contribution in [0.5, 0.6) is 5.75 Å². The van der Waals surface area contributed by atoms with Crippen molar-refractivity contribution in [2.75, 3.05) is 7.11 Å². The summed E-state index contributed by atoms with van der Waals surface area (Å²) >= 11 is 6.04. The second-order valence-electron chi connectivity index (χ2n) is 9.84. The molecule has 0 bridgehead atoms. The van der Waals surface area contributed by atoms with E-state index >= 15 is 0 Å². The first-order valence-corrected chi connectivity index (χ1v) is 16.5. The topological polar surface area (TPSA) is 159 Å². The molecule has 0 saturated carbocycles. The number of aromatic nitrogens is 4. The molecule has 1 aromatic heterocycles. The van der Waals surface area contributed by atoms with Gasteiger partial charge in [-0.2, -0.15) is 18.3 Å². The van der Waals surface area contributed by atoms with E-state index in [1.807, 2.05) is 36.4 Å². The van der Waals surface area contributed by atoms with Gasteiger partial charge in [-0.15, -0.1) is 10.2 Å². The largest absolute Gasteiger partial charge is 0.495 e. The average molecular weight is 676 g/mol. The summed E-state index contributed by atoms with van der Waals surface area (Å²) in [4.78, 5) is 18.1. The van der Waals surface area contributed by atoms with Gasteiger partial charge >= 0.3 is 13.3 Å². The number of para-hydroxylation sites is 1. The van der Waals surface area contributed by atoms with Crippen LogP contribution >= 0.6 is 19.2 Å². The second-order valence-corrected chi connectivity index (χ2v) is 13.8. The van der Waals surface area contributed by atoms with Gasteiger partial charge in [0.15, 0.2) is 0 Å². The summed E-state index contributed by atoms with van der Waals surface area (Å²) in [6.07, 6.45) is 0. The number of nitrogens with zero attached hydrogens (tertiary/aromatic N) is 4. The number of H-pyrrole nitrogens is 1. The Kier molecular flexibility index (Phi) is 9.17. The molecule has 5 rings (SSSR count). The summed E-state index contributed by atoms with van der Waals surface area (Å²) in [5.74, 6) is 0.540. The molecule has 4 aromatic carbocycles. The smallest absolute Gasteiger partial charge is 0.399 e. The Bertz CT molecular complexity index is 1980. The molecular formula is C29H25ClF2N5O6PS. The summed E-state index contributed by atoms with van der Waals surface area (Å²) in [5.41, 5.74) is -2.32. The van der Waals surface area contributed by atoms with Crippen molar-refractivity contribution in [2.24, 2.45) is 0 Å². The molecule has 0 atom stereocenters. The van der Waals surface area contributed by atoms with E-state index in [0.29, 0.717) is 11.4 Å². The maximum atomic E-state index is 14.4. The molecule has 0 spiro atoms. The Morgan fingerprint density at radius 2 is 1.58 bits per heavy atom. The number of nitrogens with one attached hydrogen (secondary N) is 1.